The van der Waals surface area contributed by atoms with Crippen molar-refractivity contribution in [3.8, 4) is 17.2 Å². The van der Waals surface area contributed by atoms with E-state index >= 15 is 0 Å². The lowest BCUT2D eigenvalue weighted by atomic mass is 9.90. The lowest BCUT2D eigenvalue weighted by Crippen LogP contribution is -2.33. The number of methoxy groups -OCH3 is 1. The summed E-state index contributed by atoms with van der Waals surface area (Å²) in [7, 11) is 1.45. The van der Waals surface area contributed by atoms with Gasteiger partial charge in [0.1, 0.15) is 28.4 Å². The van der Waals surface area contributed by atoms with Gasteiger partial charge in [0.15, 0.2) is 5.78 Å². The van der Waals surface area contributed by atoms with Crippen LogP contribution in [-0.2, 0) is 6.42 Å². The Morgan fingerprint density at radius 1 is 1.58 bits per heavy atom. The minimum absolute atomic E-state index is 0.1000. The summed E-state index contributed by atoms with van der Waals surface area (Å²) in [6.07, 6.45) is 2.66. The average Bonchev–Trinajstić information content (AvgIpc) is 2.36. The van der Waals surface area contributed by atoms with Crippen LogP contribution in [0.3, 0.4) is 0 Å². The summed E-state index contributed by atoms with van der Waals surface area (Å²) in [5.41, 5.74) is 0.616. The minimum atomic E-state index is -0.373. The zero-order chi connectivity index (χ0) is 14.2. The molecule has 0 unspecified atom stereocenters. The highest BCUT2D eigenvalue weighted by atomic mass is 16.5. The molecule has 0 amide bonds. The van der Waals surface area contributed by atoms with E-state index in [9.17, 15) is 9.90 Å². The first-order chi connectivity index (χ1) is 8.89. The summed E-state index contributed by atoms with van der Waals surface area (Å²) in [5.74, 6) is 0.547. The van der Waals surface area contributed by atoms with E-state index in [1.54, 1.807) is 0 Å². The number of carbonyl (C=O) groups is 1. The van der Waals surface area contributed by atoms with Gasteiger partial charge in [-0.1, -0.05) is 6.58 Å². The first-order valence-electron chi connectivity index (χ1n) is 6.18. The maximum absolute atomic E-state index is 12.0. The molecule has 0 aliphatic carbocycles. The van der Waals surface area contributed by atoms with Crippen molar-refractivity contribution < 1.29 is 19.4 Å². The van der Waals surface area contributed by atoms with Crippen LogP contribution in [0.4, 0.5) is 0 Å². The van der Waals surface area contributed by atoms with Crippen LogP contribution in [-0.4, -0.2) is 23.6 Å². The van der Waals surface area contributed by atoms with E-state index < -0.39 is 0 Å². The molecule has 2 rings (SSSR count). The summed E-state index contributed by atoms with van der Waals surface area (Å²) < 4.78 is 11.1. The molecule has 0 fully saturated rings. The normalized spacial score (nSPS) is 16.2. The molecule has 0 bridgehead atoms. The standard InChI is InChI=1S/C15H18O4/c1-5-10(16)13-12(18-4)8-11(17)9-6-7-15(2,3)19-14(9)13/h5,8,17H,1,6-7H2,2-4H3. The monoisotopic (exact) mass is 262 g/mol. The fraction of sp³-hybridized carbons (Fsp3) is 0.400. The second-order valence-corrected chi connectivity index (χ2v) is 5.21. The molecule has 1 aliphatic heterocycles. The van der Waals surface area contributed by atoms with E-state index in [4.69, 9.17) is 9.47 Å². The Kier molecular flexibility index (Phi) is 3.27. The maximum Gasteiger partial charge on any atom is 0.192 e. The number of fused-ring (bicyclic) bond motifs is 1. The summed E-state index contributed by atoms with van der Waals surface area (Å²) in [5, 5.41) is 10.0. The van der Waals surface area contributed by atoms with Gasteiger partial charge in [-0.15, -0.1) is 0 Å². The first-order valence-corrected chi connectivity index (χ1v) is 6.18. The number of hydrogen-bond donors (Lipinski definition) is 1. The molecular weight excluding hydrogens is 244 g/mol. The Labute approximate surface area is 112 Å². The number of aromatic hydroxyl groups is 1. The largest absolute Gasteiger partial charge is 0.507 e. The highest BCUT2D eigenvalue weighted by Crippen LogP contribution is 2.45. The maximum atomic E-state index is 12.0. The fourth-order valence-corrected chi connectivity index (χ4v) is 2.27. The van der Waals surface area contributed by atoms with Crippen LogP contribution in [0.5, 0.6) is 17.2 Å². The molecule has 0 saturated carbocycles. The Morgan fingerprint density at radius 3 is 2.84 bits per heavy atom. The number of hydrogen-bond acceptors (Lipinski definition) is 4. The van der Waals surface area contributed by atoms with Crippen LogP contribution < -0.4 is 9.47 Å². The lowest BCUT2D eigenvalue weighted by Gasteiger charge is -2.34. The van der Waals surface area contributed by atoms with Crippen molar-refractivity contribution >= 4 is 5.78 Å². The molecular formula is C15H18O4. The number of ether oxygens (including phenoxy) is 2. The Hall–Kier alpha value is -1.97. The zero-order valence-corrected chi connectivity index (χ0v) is 11.4. The van der Waals surface area contributed by atoms with Gasteiger partial charge in [-0.25, -0.2) is 0 Å². The molecule has 1 aliphatic rings. The molecule has 0 atom stereocenters. The predicted molar refractivity (Wildman–Crippen MR) is 72.2 cm³/mol. The molecule has 4 heteroatoms. The quantitative estimate of drug-likeness (QED) is 0.672. The summed E-state index contributed by atoms with van der Waals surface area (Å²) in [4.78, 5) is 12.0. The van der Waals surface area contributed by atoms with E-state index in [2.05, 4.69) is 6.58 Å². The van der Waals surface area contributed by atoms with Crippen LogP contribution in [0.15, 0.2) is 18.7 Å². The lowest BCUT2D eigenvalue weighted by molar-refractivity contribution is 0.0800. The van der Waals surface area contributed by atoms with Crippen molar-refractivity contribution in [3.63, 3.8) is 0 Å². The van der Waals surface area contributed by atoms with Crippen LogP contribution >= 0.6 is 0 Å². The molecule has 1 heterocycles. The van der Waals surface area contributed by atoms with Crippen LogP contribution in [0, 0.1) is 0 Å². The third-order valence-electron chi connectivity index (χ3n) is 3.33. The topological polar surface area (TPSA) is 55.8 Å². The first kappa shape index (κ1) is 13.5. The van der Waals surface area contributed by atoms with Crippen LogP contribution in [0.2, 0.25) is 0 Å². The number of ketones is 1. The number of benzene rings is 1. The minimum Gasteiger partial charge on any atom is -0.507 e. The summed E-state index contributed by atoms with van der Waals surface area (Å²) >= 11 is 0. The SMILES string of the molecule is C=CC(=O)c1c(OC)cc(O)c2c1OC(C)(C)CC2. The molecule has 0 aromatic heterocycles. The van der Waals surface area contributed by atoms with Gasteiger partial charge >= 0.3 is 0 Å². The van der Waals surface area contributed by atoms with E-state index in [0.29, 0.717) is 29.0 Å². The van der Waals surface area contributed by atoms with Crippen molar-refractivity contribution in [2.75, 3.05) is 7.11 Å². The van der Waals surface area contributed by atoms with Gasteiger partial charge in [0, 0.05) is 11.6 Å². The summed E-state index contributed by atoms with van der Waals surface area (Å²) in [6.45, 7) is 7.40. The predicted octanol–water partition coefficient (Wildman–Crippen LogP) is 2.87. The van der Waals surface area contributed by atoms with Gasteiger partial charge in [-0.2, -0.15) is 0 Å². The second kappa shape index (κ2) is 4.61. The third-order valence-corrected chi connectivity index (χ3v) is 3.33. The number of carbonyl (C=O) groups excluding carboxylic acids is 1. The van der Waals surface area contributed by atoms with E-state index in [-0.39, 0.29) is 17.1 Å². The number of allylic oxidation sites excluding steroid dienone is 1. The summed E-state index contributed by atoms with van der Waals surface area (Å²) in [6, 6.07) is 1.46. The molecule has 1 aromatic carbocycles. The Morgan fingerprint density at radius 2 is 2.26 bits per heavy atom. The number of rotatable bonds is 3. The third kappa shape index (κ3) is 2.30. The Balaban J connectivity index is 2.70. The molecule has 1 N–H and O–H groups in total. The smallest absolute Gasteiger partial charge is 0.192 e. The van der Waals surface area contributed by atoms with Gasteiger partial charge < -0.3 is 14.6 Å². The van der Waals surface area contributed by atoms with Crippen molar-refractivity contribution in [2.45, 2.75) is 32.3 Å². The van der Waals surface area contributed by atoms with Crippen molar-refractivity contribution in [2.24, 2.45) is 0 Å². The molecule has 19 heavy (non-hydrogen) atoms. The number of phenols is 1. The highest BCUT2D eigenvalue weighted by Gasteiger charge is 2.33. The van der Waals surface area contributed by atoms with Gasteiger partial charge in [-0.05, 0) is 32.8 Å². The zero-order valence-electron chi connectivity index (χ0n) is 11.4. The van der Waals surface area contributed by atoms with Crippen molar-refractivity contribution in [1.29, 1.82) is 0 Å². The molecule has 0 saturated heterocycles. The average molecular weight is 262 g/mol. The van der Waals surface area contributed by atoms with Gasteiger partial charge in [0.25, 0.3) is 0 Å². The fourth-order valence-electron chi connectivity index (χ4n) is 2.27. The van der Waals surface area contributed by atoms with E-state index in [1.165, 1.54) is 19.3 Å². The van der Waals surface area contributed by atoms with Crippen LogP contribution in [0.1, 0.15) is 36.2 Å². The molecule has 4 nitrogen and oxygen atoms in total. The highest BCUT2D eigenvalue weighted by molar-refractivity contribution is 6.09. The van der Waals surface area contributed by atoms with Gasteiger partial charge in [0.05, 0.1) is 7.11 Å². The van der Waals surface area contributed by atoms with Gasteiger partial charge in [0.2, 0.25) is 0 Å². The van der Waals surface area contributed by atoms with Gasteiger partial charge in [-0.3, -0.25) is 4.79 Å². The van der Waals surface area contributed by atoms with Crippen molar-refractivity contribution in [1.82, 2.24) is 0 Å². The van der Waals surface area contributed by atoms with Crippen LogP contribution in [0.25, 0.3) is 0 Å². The molecule has 1 aromatic rings. The molecule has 102 valence electrons. The molecule has 0 radical (unpaired) electrons. The molecule has 0 spiro atoms. The van der Waals surface area contributed by atoms with E-state index in [0.717, 1.165) is 6.42 Å². The number of phenolic OH excluding ortho intramolecular Hbond substituents is 1. The Bertz CT molecular complexity index is 544. The van der Waals surface area contributed by atoms with E-state index in [1.807, 2.05) is 13.8 Å². The second-order valence-electron chi connectivity index (χ2n) is 5.21. The van der Waals surface area contributed by atoms with Crippen molar-refractivity contribution in [3.05, 3.63) is 29.8 Å².